The number of aryl methyl sites for hydroxylation is 1. The molecule has 2 heterocycles. The van der Waals surface area contributed by atoms with Gasteiger partial charge < -0.3 is 15.1 Å². The number of halogens is 1. The minimum absolute atomic E-state index is 0.0430. The zero-order valence-corrected chi connectivity index (χ0v) is 17.4. The Balaban J connectivity index is 1.64. The van der Waals surface area contributed by atoms with Crippen molar-refractivity contribution in [3.05, 3.63) is 34.3 Å². The Morgan fingerprint density at radius 3 is 2.77 bits per heavy atom. The first kappa shape index (κ1) is 19.5. The molecule has 0 spiro atoms. The number of amides is 1. The number of thioether (sulfide) groups is 1. The SMILES string of the molecule is CCN1CCN(c2ccc(Cl)cc2NC(=O)CSc2nc(C)cs2)CC1. The largest absolute Gasteiger partial charge is 0.367 e. The van der Waals surface area contributed by atoms with Crippen molar-refractivity contribution in [3.63, 3.8) is 0 Å². The monoisotopic (exact) mass is 410 g/mol. The first-order valence-electron chi connectivity index (χ1n) is 8.67. The van der Waals surface area contributed by atoms with E-state index in [4.69, 9.17) is 11.6 Å². The normalized spacial score (nSPS) is 15.3. The van der Waals surface area contributed by atoms with Crippen molar-refractivity contribution in [3.8, 4) is 0 Å². The highest BCUT2D eigenvalue weighted by Crippen LogP contribution is 2.30. The molecular formula is C18H23ClN4OS2. The van der Waals surface area contributed by atoms with E-state index in [0.717, 1.165) is 54.1 Å². The molecule has 0 unspecified atom stereocenters. The molecular weight excluding hydrogens is 388 g/mol. The van der Waals surface area contributed by atoms with Gasteiger partial charge in [0.15, 0.2) is 4.34 Å². The lowest BCUT2D eigenvalue weighted by atomic mass is 10.2. The summed E-state index contributed by atoms with van der Waals surface area (Å²) in [5.74, 6) is 0.293. The fourth-order valence-corrected chi connectivity index (χ4v) is 4.72. The molecule has 1 aromatic carbocycles. The second-order valence-corrected chi connectivity index (χ2v) is 8.69. The highest BCUT2D eigenvalue weighted by Gasteiger charge is 2.19. The lowest BCUT2D eigenvalue weighted by Gasteiger charge is -2.36. The first-order chi connectivity index (χ1) is 12.5. The van der Waals surface area contributed by atoms with Gasteiger partial charge in [-0.05, 0) is 31.7 Å². The third kappa shape index (κ3) is 5.13. The van der Waals surface area contributed by atoms with Crippen LogP contribution in [-0.4, -0.2) is 54.3 Å². The Labute approximate surface area is 167 Å². The first-order valence-corrected chi connectivity index (χ1v) is 10.9. The van der Waals surface area contributed by atoms with Gasteiger partial charge in [0.1, 0.15) is 0 Å². The summed E-state index contributed by atoms with van der Waals surface area (Å²) in [4.78, 5) is 21.5. The Bertz CT molecular complexity index is 759. The minimum Gasteiger partial charge on any atom is -0.367 e. The fourth-order valence-electron chi connectivity index (χ4n) is 2.90. The lowest BCUT2D eigenvalue weighted by molar-refractivity contribution is -0.113. The number of likely N-dealkylation sites (N-methyl/N-ethyl adjacent to an activating group) is 1. The zero-order valence-electron chi connectivity index (χ0n) is 15.0. The van der Waals surface area contributed by atoms with Gasteiger partial charge in [0.25, 0.3) is 0 Å². The number of hydrogen-bond acceptors (Lipinski definition) is 6. The average Bonchev–Trinajstić information content (AvgIpc) is 3.06. The van der Waals surface area contributed by atoms with Crippen molar-refractivity contribution in [1.82, 2.24) is 9.88 Å². The number of hydrogen-bond donors (Lipinski definition) is 1. The van der Waals surface area contributed by atoms with Gasteiger partial charge in [0.05, 0.1) is 17.1 Å². The van der Waals surface area contributed by atoms with Crippen LogP contribution in [0, 0.1) is 6.92 Å². The van der Waals surface area contributed by atoms with E-state index < -0.39 is 0 Å². The highest BCUT2D eigenvalue weighted by molar-refractivity contribution is 8.01. The Kier molecular flexibility index (Phi) is 6.80. The number of aromatic nitrogens is 1. The van der Waals surface area contributed by atoms with E-state index >= 15 is 0 Å². The number of benzene rings is 1. The number of rotatable bonds is 6. The average molecular weight is 411 g/mol. The quantitative estimate of drug-likeness (QED) is 0.730. The summed E-state index contributed by atoms with van der Waals surface area (Å²) in [5.41, 5.74) is 2.80. The van der Waals surface area contributed by atoms with Crippen LogP contribution in [0.4, 0.5) is 11.4 Å². The molecule has 1 aromatic heterocycles. The van der Waals surface area contributed by atoms with Gasteiger partial charge in [0.2, 0.25) is 5.91 Å². The van der Waals surface area contributed by atoms with Gasteiger partial charge in [-0.1, -0.05) is 30.3 Å². The summed E-state index contributed by atoms with van der Waals surface area (Å²) in [5, 5.41) is 5.64. The Morgan fingerprint density at radius 2 is 2.12 bits per heavy atom. The lowest BCUT2D eigenvalue weighted by Crippen LogP contribution is -2.46. The molecule has 1 aliphatic rings. The van der Waals surface area contributed by atoms with Gasteiger partial charge in [0, 0.05) is 42.3 Å². The second-order valence-electron chi connectivity index (χ2n) is 6.17. The van der Waals surface area contributed by atoms with Gasteiger partial charge in [-0.3, -0.25) is 4.79 Å². The molecule has 26 heavy (non-hydrogen) atoms. The van der Waals surface area contributed by atoms with Crippen LogP contribution in [0.3, 0.4) is 0 Å². The molecule has 1 aliphatic heterocycles. The molecule has 1 saturated heterocycles. The Morgan fingerprint density at radius 1 is 1.35 bits per heavy atom. The van der Waals surface area contributed by atoms with Crippen molar-refractivity contribution in [2.75, 3.05) is 48.7 Å². The van der Waals surface area contributed by atoms with Crippen molar-refractivity contribution in [1.29, 1.82) is 0 Å². The summed E-state index contributed by atoms with van der Waals surface area (Å²) in [7, 11) is 0. The number of carbonyl (C=O) groups excluding carboxylic acids is 1. The van der Waals surface area contributed by atoms with Crippen LogP contribution in [0.25, 0.3) is 0 Å². The van der Waals surface area contributed by atoms with E-state index in [-0.39, 0.29) is 5.91 Å². The molecule has 1 amide bonds. The highest BCUT2D eigenvalue weighted by atomic mass is 35.5. The maximum atomic E-state index is 12.4. The number of nitrogens with zero attached hydrogens (tertiary/aromatic N) is 3. The number of piperazine rings is 1. The van der Waals surface area contributed by atoms with E-state index in [2.05, 4.69) is 27.0 Å². The number of thiazole rings is 1. The molecule has 1 fully saturated rings. The number of anilines is 2. The summed E-state index contributed by atoms with van der Waals surface area (Å²) in [6, 6.07) is 5.71. The van der Waals surface area contributed by atoms with Gasteiger partial charge in [-0.25, -0.2) is 4.98 Å². The second kappa shape index (κ2) is 9.08. The molecule has 140 valence electrons. The molecule has 0 saturated carbocycles. The van der Waals surface area contributed by atoms with Gasteiger partial charge >= 0.3 is 0 Å². The van der Waals surface area contributed by atoms with Gasteiger partial charge in [-0.2, -0.15) is 0 Å². The summed E-state index contributed by atoms with van der Waals surface area (Å²) in [6.45, 7) is 9.18. The molecule has 0 radical (unpaired) electrons. The van der Waals surface area contributed by atoms with Crippen LogP contribution in [0.5, 0.6) is 0 Å². The topological polar surface area (TPSA) is 48.5 Å². The predicted molar refractivity (Wildman–Crippen MR) is 112 cm³/mol. The van der Waals surface area contributed by atoms with E-state index in [1.807, 2.05) is 30.5 Å². The minimum atomic E-state index is -0.0430. The molecule has 0 atom stereocenters. The standard InChI is InChI=1S/C18H23ClN4OS2/c1-3-22-6-8-23(9-7-22)16-5-4-14(19)10-15(16)21-17(24)12-26-18-20-13(2)11-25-18/h4-5,10-11H,3,6-9,12H2,1-2H3,(H,21,24). The molecule has 2 aromatic rings. The van der Waals surface area contributed by atoms with Crippen molar-refractivity contribution in [2.24, 2.45) is 0 Å². The van der Waals surface area contributed by atoms with E-state index in [0.29, 0.717) is 10.8 Å². The smallest absolute Gasteiger partial charge is 0.234 e. The molecule has 0 bridgehead atoms. The fraction of sp³-hybridized carbons (Fsp3) is 0.444. The number of carbonyl (C=O) groups is 1. The van der Waals surface area contributed by atoms with E-state index in [9.17, 15) is 4.79 Å². The molecule has 0 aliphatic carbocycles. The molecule has 5 nitrogen and oxygen atoms in total. The van der Waals surface area contributed by atoms with Crippen LogP contribution in [0.1, 0.15) is 12.6 Å². The maximum absolute atomic E-state index is 12.4. The van der Waals surface area contributed by atoms with E-state index in [1.54, 1.807) is 11.3 Å². The van der Waals surface area contributed by atoms with Crippen LogP contribution in [0.2, 0.25) is 5.02 Å². The third-order valence-electron chi connectivity index (χ3n) is 4.32. The maximum Gasteiger partial charge on any atom is 0.234 e. The summed E-state index contributed by atoms with van der Waals surface area (Å²) < 4.78 is 0.916. The van der Waals surface area contributed by atoms with Crippen LogP contribution in [-0.2, 0) is 4.79 Å². The Hall–Kier alpha value is -1.28. The van der Waals surface area contributed by atoms with Crippen LogP contribution < -0.4 is 10.2 Å². The van der Waals surface area contributed by atoms with Crippen LogP contribution >= 0.6 is 34.7 Å². The van der Waals surface area contributed by atoms with Gasteiger partial charge in [-0.15, -0.1) is 11.3 Å². The molecule has 8 heteroatoms. The number of nitrogens with one attached hydrogen (secondary N) is 1. The molecule has 1 N–H and O–H groups in total. The van der Waals surface area contributed by atoms with E-state index in [1.165, 1.54) is 11.8 Å². The summed E-state index contributed by atoms with van der Waals surface area (Å²) in [6.07, 6.45) is 0. The van der Waals surface area contributed by atoms with Crippen LogP contribution in [0.15, 0.2) is 27.9 Å². The predicted octanol–water partition coefficient (Wildman–Crippen LogP) is 3.98. The van der Waals surface area contributed by atoms with Crippen molar-refractivity contribution < 1.29 is 4.79 Å². The third-order valence-corrected chi connectivity index (χ3v) is 6.69. The molecule has 3 rings (SSSR count). The zero-order chi connectivity index (χ0) is 18.5. The van der Waals surface area contributed by atoms with Crippen molar-refractivity contribution in [2.45, 2.75) is 18.2 Å². The summed E-state index contributed by atoms with van der Waals surface area (Å²) >= 11 is 9.19. The van der Waals surface area contributed by atoms with Crippen molar-refractivity contribution >= 4 is 52.0 Å².